The molecular formula is C9H11NO4. The molecule has 5 nitrogen and oxygen atoms in total. The molecular weight excluding hydrogens is 186 g/mol. The molecule has 0 aliphatic heterocycles. The first kappa shape index (κ1) is 10.3. The van der Waals surface area contributed by atoms with Crippen molar-refractivity contribution in [2.75, 3.05) is 12.4 Å². The number of anilines is 1. The van der Waals surface area contributed by atoms with Crippen LogP contribution in [-0.2, 0) is 9.53 Å². The van der Waals surface area contributed by atoms with Crippen LogP contribution in [0.3, 0.4) is 0 Å². The van der Waals surface area contributed by atoms with E-state index in [9.17, 15) is 9.59 Å². The van der Waals surface area contributed by atoms with E-state index in [2.05, 4.69) is 10.1 Å². The summed E-state index contributed by atoms with van der Waals surface area (Å²) in [4.78, 5) is 21.9. The van der Waals surface area contributed by atoms with Gasteiger partial charge in [0.15, 0.2) is 0 Å². The third-order valence-electron chi connectivity index (χ3n) is 1.58. The van der Waals surface area contributed by atoms with E-state index < -0.39 is 5.97 Å². The van der Waals surface area contributed by atoms with Crippen LogP contribution in [0.4, 0.5) is 5.88 Å². The lowest BCUT2D eigenvalue weighted by molar-refractivity contribution is -0.116. The van der Waals surface area contributed by atoms with Gasteiger partial charge in [-0.2, -0.15) is 0 Å². The maximum Gasteiger partial charge on any atom is 0.374 e. The quantitative estimate of drug-likeness (QED) is 0.744. The van der Waals surface area contributed by atoms with Crippen LogP contribution >= 0.6 is 0 Å². The Balaban J connectivity index is 2.68. The van der Waals surface area contributed by atoms with Crippen molar-refractivity contribution in [2.24, 2.45) is 0 Å². The van der Waals surface area contributed by atoms with Crippen molar-refractivity contribution in [3.63, 3.8) is 0 Å². The fourth-order valence-electron chi connectivity index (χ4n) is 0.841. The fourth-order valence-corrected chi connectivity index (χ4v) is 0.841. The number of hydrogen-bond acceptors (Lipinski definition) is 4. The second kappa shape index (κ2) is 4.45. The third kappa shape index (κ3) is 2.35. The molecule has 1 heterocycles. The monoisotopic (exact) mass is 197 g/mol. The van der Waals surface area contributed by atoms with Gasteiger partial charge < -0.3 is 9.15 Å². The van der Waals surface area contributed by atoms with E-state index in [1.807, 2.05) is 0 Å². The number of carbonyl (C=O) groups excluding carboxylic acids is 2. The molecule has 1 aromatic heterocycles. The third-order valence-corrected chi connectivity index (χ3v) is 1.58. The average Bonchev–Trinajstić information content (AvgIpc) is 2.65. The maximum atomic E-state index is 11.0. The van der Waals surface area contributed by atoms with Gasteiger partial charge in [-0.25, -0.2) is 4.79 Å². The second-order valence-electron chi connectivity index (χ2n) is 2.56. The molecule has 0 saturated carbocycles. The van der Waals surface area contributed by atoms with Crippen LogP contribution in [0.25, 0.3) is 0 Å². The Morgan fingerprint density at radius 3 is 2.79 bits per heavy atom. The van der Waals surface area contributed by atoms with Gasteiger partial charge in [-0.05, 0) is 6.07 Å². The number of esters is 1. The first-order valence-electron chi connectivity index (χ1n) is 4.15. The van der Waals surface area contributed by atoms with Crippen molar-refractivity contribution in [2.45, 2.75) is 13.3 Å². The van der Waals surface area contributed by atoms with Gasteiger partial charge in [-0.1, -0.05) is 6.92 Å². The van der Waals surface area contributed by atoms with Gasteiger partial charge in [0.05, 0.1) is 7.11 Å². The molecule has 0 bridgehead atoms. The summed E-state index contributed by atoms with van der Waals surface area (Å²) < 4.78 is 9.44. The van der Waals surface area contributed by atoms with Crippen molar-refractivity contribution in [3.8, 4) is 0 Å². The predicted molar refractivity (Wildman–Crippen MR) is 49.0 cm³/mol. The van der Waals surface area contributed by atoms with Gasteiger partial charge in [0.25, 0.3) is 0 Å². The number of amides is 1. The maximum absolute atomic E-state index is 11.0. The zero-order valence-corrected chi connectivity index (χ0v) is 7.99. The van der Waals surface area contributed by atoms with Crippen LogP contribution in [0, 0.1) is 0 Å². The molecule has 1 amide bonds. The van der Waals surface area contributed by atoms with Crippen LogP contribution in [0.1, 0.15) is 23.9 Å². The molecule has 1 rings (SSSR count). The summed E-state index contributed by atoms with van der Waals surface area (Å²) >= 11 is 0. The van der Waals surface area contributed by atoms with Gasteiger partial charge in [-0.15, -0.1) is 0 Å². The average molecular weight is 197 g/mol. The molecule has 0 spiro atoms. The molecule has 1 aromatic rings. The summed E-state index contributed by atoms with van der Waals surface area (Å²) in [6, 6.07) is 2.94. The minimum Gasteiger partial charge on any atom is -0.463 e. The number of rotatable bonds is 3. The van der Waals surface area contributed by atoms with E-state index in [0.717, 1.165) is 0 Å². The summed E-state index contributed by atoms with van der Waals surface area (Å²) in [5.74, 6) is -0.422. The van der Waals surface area contributed by atoms with E-state index in [1.54, 1.807) is 6.92 Å². The minimum absolute atomic E-state index is 0.0684. The van der Waals surface area contributed by atoms with Gasteiger partial charge >= 0.3 is 5.97 Å². The summed E-state index contributed by atoms with van der Waals surface area (Å²) in [6.07, 6.45) is 0.355. The molecule has 0 aliphatic carbocycles. The Labute approximate surface area is 81.0 Å². The highest BCUT2D eigenvalue weighted by molar-refractivity contribution is 5.91. The van der Waals surface area contributed by atoms with Gasteiger partial charge in [-0.3, -0.25) is 10.1 Å². The molecule has 0 aliphatic rings. The van der Waals surface area contributed by atoms with E-state index in [-0.39, 0.29) is 17.6 Å². The van der Waals surface area contributed by atoms with Crippen molar-refractivity contribution in [1.82, 2.24) is 0 Å². The zero-order chi connectivity index (χ0) is 10.6. The van der Waals surface area contributed by atoms with E-state index >= 15 is 0 Å². The lowest BCUT2D eigenvalue weighted by Crippen LogP contribution is -2.08. The fraction of sp³-hybridized carbons (Fsp3) is 0.333. The summed E-state index contributed by atoms with van der Waals surface area (Å²) in [7, 11) is 1.26. The number of furan rings is 1. The highest BCUT2D eigenvalue weighted by Crippen LogP contribution is 2.14. The summed E-state index contributed by atoms with van der Waals surface area (Å²) in [5, 5.41) is 2.48. The highest BCUT2D eigenvalue weighted by atomic mass is 16.5. The normalized spacial score (nSPS) is 9.57. The number of methoxy groups -OCH3 is 1. The summed E-state index contributed by atoms with van der Waals surface area (Å²) in [6.45, 7) is 1.72. The summed E-state index contributed by atoms with van der Waals surface area (Å²) in [5.41, 5.74) is 0. The number of ether oxygens (including phenoxy) is 1. The Morgan fingerprint density at radius 2 is 2.21 bits per heavy atom. The number of carbonyl (C=O) groups is 2. The SMILES string of the molecule is CCC(=O)Nc1ccc(C(=O)OC)o1. The Hall–Kier alpha value is -1.78. The van der Waals surface area contributed by atoms with Crippen LogP contribution in [-0.4, -0.2) is 19.0 Å². The van der Waals surface area contributed by atoms with Crippen LogP contribution in [0.2, 0.25) is 0 Å². The molecule has 0 fully saturated rings. The number of hydrogen-bond donors (Lipinski definition) is 1. The molecule has 0 aromatic carbocycles. The Kier molecular flexibility index (Phi) is 3.28. The Morgan fingerprint density at radius 1 is 1.50 bits per heavy atom. The zero-order valence-electron chi connectivity index (χ0n) is 7.99. The molecule has 1 N–H and O–H groups in total. The molecule has 0 saturated heterocycles. The van der Waals surface area contributed by atoms with Gasteiger partial charge in [0.1, 0.15) is 0 Å². The van der Waals surface area contributed by atoms with Crippen molar-refractivity contribution >= 4 is 17.8 Å². The molecule has 0 atom stereocenters. The van der Waals surface area contributed by atoms with Crippen molar-refractivity contribution in [3.05, 3.63) is 17.9 Å². The van der Waals surface area contributed by atoms with E-state index in [4.69, 9.17) is 4.42 Å². The highest BCUT2D eigenvalue weighted by Gasteiger charge is 2.11. The van der Waals surface area contributed by atoms with Crippen molar-refractivity contribution < 1.29 is 18.7 Å². The lowest BCUT2D eigenvalue weighted by atomic mass is 10.4. The Bertz CT molecular complexity index is 342. The van der Waals surface area contributed by atoms with E-state index in [0.29, 0.717) is 6.42 Å². The van der Waals surface area contributed by atoms with Crippen LogP contribution in [0.5, 0.6) is 0 Å². The van der Waals surface area contributed by atoms with Crippen LogP contribution in [0.15, 0.2) is 16.5 Å². The smallest absolute Gasteiger partial charge is 0.374 e. The minimum atomic E-state index is -0.568. The molecule has 5 heteroatoms. The molecule has 76 valence electrons. The van der Waals surface area contributed by atoms with Gasteiger partial charge in [0.2, 0.25) is 17.6 Å². The van der Waals surface area contributed by atoms with Crippen LogP contribution < -0.4 is 5.32 Å². The first-order valence-corrected chi connectivity index (χ1v) is 4.15. The van der Waals surface area contributed by atoms with Gasteiger partial charge in [0, 0.05) is 12.5 Å². The standard InChI is InChI=1S/C9H11NO4/c1-3-7(11)10-8-5-4-6(14-8)9(12)13-2/h4-5H,3H2,1-2H3,(H,10,11). The number of nitrogens with one attached hydrogen (secondary N) is 1. The molecule has 14 heavy (non-hydrogen) atoms. The van der Waals surface area contributed by atoms with E-state index in [1.165, 1.54) is 19.2 Å². The second-order valence-corrected chi connectivity index (χ2v) is 2.56. The largest absolute Gasteiger partial charge is 0.463 e. The first-order chi connectivity index (χ1) is 6.67. The topological polar surface area (TPSA) is 68.5 Å². The molecule has 0 unspecified atom stereocenters. The molecule has 0 radical (unpaired) electrons. The predicted octanol–water partition coefficient (Wildman–Crippen LogP) is 1.41. The lowest BCUT2D eigenvalue weighted by Gasteiger charge is -1.97. The van der Waals surface area contributed by atoms with Crippen molar-refractivity contribution in [1.29, 1.82) is 0 Å².